The second-order valence-corrected chi connectivity index (χ2v) is 11.4. The van der Waals surface area contributed by atoms with Crippen molar-refractivity contribution < 1.29 is 0 Å². The largest absolute Gasteiger partial charge is 0.323 e. The maximum Gasteiger partial charge on any atom is 0.198 e. The van der Waals surface area contributed by atoms with Crippen LogP contribution in [0.15, 0.2) is 78.9 Å². The SMILES string of the molecule is CCCc1nc2c(C)cc(-c3ccccc3Cl)cc2n1Cc1ccc2c(c1)CCc1ccccc1C2=Cc1nn[nH]n1. The molecule has 0 amide bonds. The zero-order valence-corrected chi connectivity index (χ0v) is 24.5. The Kier molecular flexibility index (Phi) is 6.92. The van der Waals surface area contributed by atoms with Crippen molar-refractivity contribution >= 4 is 34.3 Å². The van der Waals surface area contributed by atoms with Gasteiger partial charge in [0.05, 0.1) is 11.0 Å². The van der Waals surface area contributed by atoms with Gasteiger partial charge in [-0.25, -0.2) is 4.98 Å². The van der Waals surface area contributed by atoms with Gasteiger partial charge in [0, 0.05) is 23.6 Å². The molecule has 7 rings (SSSR count). The lowest BCUT2D eigenvalue weighted by molar-refractivity contribution is 0.721. The lowest BCUT2D eigenvalue weighted by Gasteiger charge is -2.15. The van der Waals surface area contributed by atoms with E-state index in [9.17, 15) is 0 Å². The molecule has 4 aromatic carbocycles. The molecule has 0 fully saturated rings. The molecule has 7 heteroatoms. The number of hydrogen-bond donors (Lipinski definition) is 1. The third-order valence-electron chi connectivity index (χ3n) is 8.19. The Balaban J connectivity index is 1.33. The van der Waals surface area contributed by atoms with Crippen LogP contribution in [0.2, 0.25) is 5.02 Å². The summed E-state index contributed by atoms with van der Waals surface area (Å²) in [6.07, 6.45) is 5.94. The molecule has 0 spiro atoms. The van der Waals surface area contributed by atoms with Crippen LogP contribution in [-0.2, 0) is 25.8 Å². The fourth-order valence-electron chi connectivity index (χ4n) is 6.21. The number of rotatable bonds is 6. The predicted octanol–water partition coefficient (Wildman–Crippen LogP) is 7.87. The number of fused-ring (bicyclic) bond motifs is 3. The number of nitrogens with one attached hydrogen (secondary N) is 1. The second-order valence-electron chi connectivity index (χ2n) is 11.0. The van der Waals surface area contributed by atoms with E-state index in [1.54, 1.807) is 0 Å². The molecule has 1 N–H and O–H groups in total. The first-order chi connectivity index (χ1) is 20.6. The normalized spacial score (nSPS) is 13.7. The quantitative estimate of drug-likeness (QED) is 0.221. The highest BCUT2D eigenvalue weighted by Crippen LogP contribution is 2.36. The fourth-order valence-corrected chi connectivity index (χ4v) is 6.46. The van der Waals surface area contributed by atoms with Gasteiger partial charge in [-0.15, -0.1) is 10.2 Å². The number of halogens is 1. The maximum absolute atomic E-state index is 6.62. The third-order valence-corrected chi connectivity index (χ3v) is 8.52. The van der Waals surface area contributed by atoms with E-state index in [1.165, 1.54) is 27.8 Å². The molecule has 6 nitrogen and oxygen atoms in total. The van der Waals surface area contributed by atoms with E-state index in [2.05, 4.69) is 99.7 Å². The molecule has 0 saturated carbocycles. The summed E-state index contributed by atoms with van der Waals surface area (Å²) in [5, 5.41) is 15.5. The van der Waals surface area contributed by atoms with Crippen molar-refractivity contribution in [1.82, 2.24) is 30.2 Å². The maximum atomic E-state index is 6.62. The molecule has 0 radical (unpaired) electrons. The summed E-state index contributed by atoms with van der Waals surface area (Å²) in [6, 6.07) is 28.0. The van der Waals surface area contributed by atoms with Crippen LogP contribution in [-0.4, -0.2) is 30.2 Å². The zero-order chi connectivity index (χ0) is 28.6. The van der Waals surface area contributed by atoms with Gasteiger partial charge in [-0.05, 0) is 100 Å². The van der Waals surface area contributed by atoms with Crippen LogP contribution in [0.4, 0.5) is 0 Å². The first-order valence-corrected chi connectivity index (χ1v) is 14.9. The molecular formula is C35H31ClN6. The summed E-state index contributed by atoms with van der Waals surface area (Å²) in [5.41, 5.74) is 13.0. The Morgan fingerprint density at radius 3 is 2.50 bits per heavy atom. The topological polar surface area (TPSA) is 72.3 Å². The van der Waals surface area contributed by atoms with Gasteiger partial charge in [0.25, 0.3) is 0 Å². The predicted molar refractivity (Wildman–Crippen MR) is 169 cm³/mol. The molecule has 6 aromatic rings. The van der Waals surface area contributed by atoms with Crippen molar-refractivity contribution in [2.45, 2.75) is 46.1 Å². The molecule has 1 aliphatic rings. The van der Waals surface area contributed by atoms with Crippen molar-refractivity contribution in [3.05, 3.63) is 129 Å². The molecule has 0 aliphatic heterocycles. The van der Waals surface area contributed by atoms with Crippen LogP contribution < -0.4 is 0 Å². The van der Waals surface area contributed by atoms with Gasteiger partial charge < -0.3 is 4.57 Å². The summed E-state index contributed by atoms with van der Waals surface area (Å²) in [4.78, 5) is 5.14. The van der Waals surface area contributed by atoms with Crippen molar-refractivity contribution in [3.8, 4) is 11.1 Å². The monoisotopic (exact) mass is 570 g/mol. The van der Waals surface area contributed by atoms with Gasteiger partial charge in [-0.2, -0.15) is 5.21 Å². The van der Waals surface area contributed by atoms with E-state index in [4.69, 9.17) is 16.6 Å². The molecule has 0 unspecified atom stereocenters. The van der Waals surface area contributed by atoms with E-state index in [0.717, 1.165) is 76.4 Å². The van der Waals surface area contributed by atoms with Gasteiger partial charge in [0.2, 0.25) is 0 Å². The van der Waals surface area contributed by atoms with E-state index in [1.807, 2.05) is 24.3 Å². The number of aromatic nitrogens is 6. The van der Waals surface area contributed by atoms with Crippen molar-refractivity contribution in [2.24, 2.45) is 0 Å². The molecule has 208 valence electrons. The number of hydrogen-bond acceptors (Lipinski definition) is 4. The Morgan fingerprint density at radius 2 is 1.69 bits per heavy atom. The average Bonchev–Trinajstić information content (AvgIpc) is 3.60. The van der Waals surface area contributed by atoms with Crippen molar-refractivity contribution in [1.29, 1.82) is 0 Å². The van der Waals surface area contributed by atoms with E-state index < -0.39 is 0 Å². The molecule has 0 bridgehead atoms. The lowest BCUT2D eigenvalue weighted by Crippen LogP contribution is -2.06. The molecular weight excluding hydrogens is 540 g/mol. The molecule has 0 atom stereocenters. The minimum Gasteiger partial charge on any atom is -0.323 e. The fraction of sp³-hybridized carbons (Fsp3) is 0.200. The number of benzene rings is 4. The van der Waals surface area contributed by atoms with E-state index in [-0.39, 0.29) is 0 Å². The molecule has 1 aliphatic carbocycles. The lowest BCUT2D eigenvalue weighted by atomic mass is 9.92. The Morgan fingerprint density at radius 1 is 0.905 bits per heavy atom. The summed E-state index contributed by atoms with van der Waals surface area (Å²) < 4.78 is 2.40. The van der Waals surface area contributed by atoms with Crippen LogP contribution in [0.5, 0.6) is 0 Å². The highest BCUT2D eigenvalue weighted by Gasteiger charge is 2.20. The van der Waals surface area contributed by atoms with Crippen LogP contribution in [0.1, 0.15) is 58.4 Å². The number of tetrazole rings is 1. The van der Waals surface area contributed by atoms with E-state index >= 15 is 0 Å². The summed E-state index contributed by atoms with van der Waals surface area (Å²) >= 11 is 6.62. The Bertz CT molecular complexity index is 1950. The Labute approximate surface area is 250 Å². The van der Waals surface area contributed by atoms with Gasteiger partial charge in [-0.3, -0.25) is 0 Å². The number of H-pyrrole nitrogens is 1. The van der Waals surface area contributed by atoms with Crippen molar-refractivity contribution in [2.75, 3.05) is 0 Å². The highest BCUT2D eigenvalue weighted by molar-refractivity contribution is 6.33. The number of nitrogens with zero attached hydrogens (tertiary/aromatic N) is 5. The summed E-state index contributed by atoms with van der Waals surface area (Å²) in [7, 11) is 0. The minimum absolute atomic E-state index is 0.579. The number of aromatic amines is 1. The first kappa shape index (κ1) is 26.4. The standard InChI is InChI=1S/C35H31ClN6/c1-3-8-34-37-35-22(2)17-26(29-11-6-7-12-31(29)36)19-32(35)42(34)21-23-13-16-28-25(18-23)15-14-24-9-4-5-10-27(24)30(28)20-33-38-40-41-39-33/h4-7,9-13,16-20H,3,8,14-15,21H2,1-2H3,(H,38,39,40,41). The van der Waals surface area contributed by atoms with Crippen LogP contribution in [0.3, 0.4) is 0 Å². The molecule has 42 heavy (non-hydrogen) atoms. The third kappa shape index (κ3) is 4.82. The van der Waals surface area contributed by atoms with Crippen LogP contribution in [0, 0.1) is 6.92 Å². The number of imidazole rings is 1. The smallest absolute Gasteiger partial charge is 0.198 e. The molecule has 0 saturated heterocycles. The van der Waals surface area contributed by atoms with Gasteiger partial charge in [-0.1, -0.05) is 79.2 Å². The van der Waals surface area contributed by atoms with Crippen LogP contribution >= 0.6 is 11.6 Å². The van der Waals surface area contributed by atoms with Gasteiger partial charge in [0.1, 0.15) is 5.82 Å². The molecule has 2 heterocycles. The minimum atomic E-state index is 0.579. The van der Waals surface area contributed by atoms with Crippen molar-refractivity contribution in [3.63, 3.8) is 0 Å². The second kappa shape index (κ2) is 11.0. The zero-order valence-electron chi connectivity index (χ0n) is 23.7. The van der Waals surface area contributed by atoms with Gasteiger partial charge >= 0.3 is 0 Å². The number of aryl methyl sites for hydroxylation is 4. The first-order valence-electron chi connectivity index (χ1n) is 14.5. The average molecular weight is 571 g/mol. The van der Waals surface area contributed by atoms with Crippen LogP contribution in [0.25, 0.3) is 33.8 Å². The summed E-state index contributed by atoms with van der Waals surface area (Å²) in [6.45, 7) is 5.11. The Hall–Kier alpha value is -4.55. The summed E-state index contributed by atoms with van der Waals surface area (Å²) in [5.74, 6) is 1.70. The molecule has 2 aromatic heterocycles. The van der Waals surface area contributed by atoms with Gasteiger partial charge in [0.15, 0.2) is 5.82 Å². The van der Waals surface area contributed by atoms with E-state index in [0.29, 0.717) is 5.82 Å². The highest BCUT2D eigenvalue weighted by atomic mass is 35.5.